The number of carbonyl (C=O) groups is 1. The quantitative estimate of drug-likeness (QED) is 0.482. The second kappa shape index (κ2) is 9.12. The van der Waals surface area contributed by atoms with E-state index < -0.39 is 47.5 Å². The zero-order valence-electron chi connectivity index (χ0n) is 19.0. The molecule has 36 heavy (non-hydrogen) atoms. The maximum atomic E-state index is 13.3. The summed E-state index contributed by atoms with van der Waals surface area (Å²) in [7, 11) is 1.33. The van der Waals surface area contributed by atoms with Crippen molar-refractivity contribution in [3.8, 4) is 5.69 Å². The fraction of sp³-hybridized carbons (Fsp3) is 0.348. The highest BCUT2D eigenvalue weighted by Crippen LogP contribution is 2.37. The monoisotopic (exact) mass is 514 g/mol. The van der Waals surface area contributed by atoms with E-state index in [0.29, 0.717) is 17.8 Å². The number of alkyl halides is 6. The smallest absolute Gasteiger partial charge is 0.382 e. The van der Waals surface area contributed by atoms with E-state index in [9.17, 15) is 35.9 Å². The molecule has 13 heteroatoms. The molecule has 0 radical (unpaired) electrons. The van der Waals surface area contributed by atoms with Crippen LogP contribution in [0.15, 0.2) is 47.7 Å². The number of methoxy groups -OCH3 is 1. The Morgan fingerprint density at radius 1 is 1.03 bits per heavy atom. The molecule has 1 amide bonds. The van der Waals surface area contributed by atoms with E-state index in [-0.39, 0.29) is 36.2 Å². The van der Waals surface area contributed by atoms with Crippen LogP contribution in [0.2, 0.25) is 0 Å². The highest BCUT2D eigenvalue weighted by molar-refractivity contribution is 5.93. The largest absolute Gasteiger partial charge is 0.416 e. The molecular formula is C23H20F6N4O3. The molecule has 1 aliphatic heterocycles. The SMILES string of the molecule is COC[C@@H]1Cn2c(ccc(-n3cnc(C)c3)c2=O)C(=O)N1Cc1cc(C(F)(F)F)cc(C(F)(F)F)c1. The molecule has 3 heterocycles. The Bertz CT molecular complexity index is 1330. The summed E-state index contributed by atoms with van der Waals surface area (Å²) < 4.78 is 87.6. The number of pyridine rings is 1. The highest BCUT2D eigenvalue weighted by Gasteiger charge is 2.38. The lowest BCUT2D eigenvalue weighted by atomic mass is 10.0. The molecule has 192 valence electrons. The number of ether oxygens (including phenoxy) is 1. The Labute approximate surface area is 200 Å². The van der Waals surface area contributed by atoms with Gasteiger partial charge in [0.2, 0.25) is 0 Å². The molecule has 0 unspecified atom stereocenters. The van der Waals surface area contributed by atoms with Crippen molar-refractivity contribution >= 4 is 5.91 Å². The standard InChI is InChI=1S/C23H20F6N4O3/c1-13-8-31(12-30-13)18-3-4-19-21(35)32(17(11-36-2)10-33(19)20(18)34)9-14-5-15(22(24,25)26)7-16(6-14)23(27,28)29/h3-8,12,17H,9-11H2,1-2H3/t17-/m0/s1. The Kier molecular flexibility index (Phi) is 6.45. The third kappa shape index (κ3) is 4.87. The maximum Gasteiger partial charge on any atom is 0.416 e. The van der Waals surface area contributed by atoms with Crippen LogP contribution in [0.3, 0.4) is 0 Å². The van der Waals surface area contributed by atoms with Crippen LogP contribution in [0, 0.1) is 6.92 Å². The van der Waals surface area contributed by atoms with Gasteiger partial charge in [0, 0.05) is 26.4 Å². The van der Waals surface area contributed by atoms with Gasteiger partial charge in [-0.3, -0.25) is 14.2 Å². The minimum absolute atomic E-state index is 0.0301. The summed E-state index contributed by atoms with van der Waals surface area (Å²) in [5.74, 6) is -0.722. The Hall–Kier alpha value is -3.61. The van der Waals surface area contributed by atoms with Crippen molar-refractivity contribution in [2.24, 2.45) is 0 Å². The third-order valence-corrected chi connectivity index (χ3v) is 5.82. The molecule has 0 saturated heterocycles. The number of hydrogen-bond donors (Lipinski definition) is 0. The number of fused-ring (bicyclic) bond motifs is 1. The van der Waals surface area contributed by atoms with E-state index in [1.54, 1.807) is 13.1 Å². The van der Waals surface area contributed by atoms with Gasteiger partial charge in [-0.05, 0) is 42.8 Å². The van der Waals surface area contributed by atoms with Crippen molar-refractivity contribution in [2.45, 2.75) is 38.4 Å². The number of nitrogens with zero attached hydrogens (tertiary/aromatic N) is 4. The molecule has 4 rings (SSSR count). The van der Waals surface area contributed by atoms with Gasteiger partial charge in [0.15, 0.2) is 0 Å². The summed E-state index contributed by atoms with van der Waals surface area (Å²) in [6.07, 6.45) is -6.97. The molecular weight excluding hydrogens is 494 g/mol. The predicted octanol–water partition coefficient (Wildman–Crippen LogP) is 4.05. The second-order valence-electron chi connectivity index (χ2n) is 8.40. The van der Waals surface area contributed by atoms with Gasteiger partial charge in [0.1, 0.15) is 11.4 Å². The van der Waals surface area contributed by atoms with Crippen LogP contribution in [-0.2, 0) is 30.2 Å². The molecule has 0 spiro atoms. The topological polar surface area (TPSA) is 69.4 Å². The van der Waals surface area contributed by atoms with Gasteiger partial charge in [-0.2, -0.15) is 26.3 Å². The fourth-order valence-corrected chi connectivity index (χ4v) is 4.15. The van der Waals surface area contributed by atoms with Crippen LogP contribution in [-0.4, -0.2) is 44.7 Å². The lowest BCUT2D eigenvalue weighted by molar-refractivity contribution is -0.143. The third-order valence-electron chi connectivity index (χ3n) is 5.82. The van der Waals surface area contributed by atoms with Gasteiger partial charge in [0.05, 0.1) is 35.8 Å². The first-order valence-corrected chi connectivity index (χ1v) is 10.6. The van der Waals surface area contributed by atoms with Gasteiger partial charge in [-0.25, -0.2) is 4.98 Å². The summed E-state index contributed by atoms with van der Waals surface area (Å²) in [6.45, 7) is 1.02. The van der Waals surface area contributed by atoms with Crippen LogP contribution in [0.25, 0.3) is 5.69 Å². The van der Waals surface area contributed by atoms with E-state index in [0.717, 1.165) is 4.90 Å². The van der Waals surface area contributed by atoms with Crippen molar-refractivity contribution in [2.75, 3.05) is 13.7 Å². The van der Waals surface area contributed by atoms with Crippen LogP contribution in [0.1, 0.15) is 32.9 Å². The molecule has 0 fully saturated rings. The zero-order valence-corrected chi connectivity index (χ0v) is 19.0. The Balaban J connectivity index is 1.75. The molecule has 1 atom stereocenters. The van der Waals surface area contributed by atoms with Crippen molar-refractivity contribution in [1.29, 1.82) is 0 Å². The average Bonchev–Trinajstić information content (AvgIpc) is 3.22. The Morgan fingerprint density at radius 2 is 1.67 bits per heavy atom. The number of amides is 1. The van der Waals surface area contributed by atoms with Crippen molar-refractivity contribution < 1.29 is 35.9 Å². The van der Waals surface area contributed by atoms with Crippen LogP contribution >= 0.6 is 0 Å². The van der Waals surface area contributed by atoms with Crippen molar-refractivity contribution in [3.63, 3.8) is 0 Å². The zero-order chi connectivity index (χ0) is 26.4. The summed E-state index contributed by atoms with van der Waals surface area (Å²) in [4.78, 5) is 31.7. The lowest BCUT2D eigenvalue weighted by Gasteiger charge is -2.37. The summed E-state index contributed by atoms with van der Waals surface area (Å²) >= 11 is 0. The second-order valence-corrected chi connectivity index (χ2v) is 8.40. The number of imidazole rings is 1. The van der Waals surface area contributed by atoms with Gasteiger partial charge >= 0.3 is 12.4 Å². The minimum atomic E-state index is -5.02. The van der Waals surface area contributed by atoms with Gasteiger partial charge in [0.25, 0.3) is 11.5 Å². The van der Waals surface area contributed by atoms with Gasteiger partial charge < -0.3 is 14.2 Å². The number of hydrogen-bond acceptors (Lipinski definition) is 4. The molecule has 0 N–H and O–H groups in total. The molecule has 7 nitrogen and oxygen atoms in total. The molecule has 2 aromatic heterocycles. The molecule has 0 bridgehead atoms. The lowest BCUT2D eigenvalue weighted by Crippen LogP contribution is -2.52. The molecule has 0 aliphatic carbocycles. The number of carbonyl (C=O) groups excluding carboxylic acids is 1. The fourth-order valence-electron chi connectivity index (χ4n) is 4.15. The van der Waals surface area contributed by atoms with E-state index in [4.69, 9.17) is 4.74 Å². The van der Waals surface area contributed by atoms with Crippen LogP contribution in [0.4, 0.5) is 26.3 Å². The van der Waals surface area contributed by atoms with E-state index in [1.807, 2.05) is 0 Å². The van der Waals surface area contributed by atoms with E-state index in [2.05, 4.69) is 4.98 Å². The number of halogens is 6. The number of aromatic nitrogens is 3. The van der Waals surface area contributed by atoms with Gasteiger partial charge in [-0.1, -0.05) is 0 Å². The Morgan fingerprint density at radius 3 is 2.19 bits per heavy atom. The summed E-state index contributed by atoms with van der Waals surface area (Å²) in [5.41, 5.74) is -2.96. The first-order chi connectivity index (χ1) is 16.8. The first-order valence-electron chi connectivity index (χ1n) is 10.6. The summed E-state index contributed by atoms with van der Waals surface area (Å²) in [6, 6.07) is 3.17. The van der Waals surface area contributed by atoms with E-state index >= 15 is 0 Å². The van der Waals surface area contributed by atoms with Gasteiger partial charge in [-0.15, -0.1) is 0 Å². The van der Waals surface area contributed by atoms with Crippen LogP contribution < -0.4 is 5.56 Å². The first kappa shape index (κ1) is 25.5. The summed E-state index contributed by atoms with van der Waals surface area (Å²) in [5, 5.41) is 0. The predicted molar refractivity (Wildman–Crippen MR) is 115 cm³/mol. The molecule has 3 aromatic rings. The van der Waals surface area contributed by atoms with Crippen molar-refractivity contribution in [1.82, 2.24) is 19.0 Å². The minimum Gasteiger partial charge on any atom is -0.382 e. The number of aryl methyl sites for hydroxylation is 1. The normalized spacial score (nSPS) is 16.4. The average molecular weight is 514 g/mol. The molecule has 1 aromatic carbocycles. The number of rotatable bonds is 5. The van der Waals surface area contributed by atoms with E-state index in [1.165, 1.54) is 34.7 Å². The molecule has 0 saturated carbocycles. The number of benzene rings is 1. The van der Waals surface area contributed by atoms with Crippen molar-refractivity contribution in [3.05, 3.63) is 81.3 Å². The van der Waals surface area contributed by atoms with Crippen LogP contribution in [0.5, 0.6) is 0 Å². The molecule has 1 aliphatic rings. The highest BCUT2D eigenvalue weighted by atomic mass is 19.4. The maximum absolute atomic E-state index is 13.3.